The highest BCUT2D eigenvalue weighted by Crippen LogP contribution is 2.64. The number of esters is 1. The third kappa shape index (κ3) is 4.31. The summed E-state index contributed by atoms with van der Waals surface area (Å²) < 4.78 is 10.4. The first-order valence-electron chi connectivity index (χ1n) is 12.5. The Morgan fingerprint density at radius 3 is 2.43 bits per heavy atom. The van der Waals surface area contributed by atoms with Crippen molar-refractivity contribution in [1.82, 2.24) is 0 Å². The molecule has 35 heavy (non-hydrogen) atoms. The van der Waals surface area contributed by atoms with Crippen molar-refractivity contribution in [3.8, 4) is 16.9 Å². The molecule has 3 aromatic carbocycles. The van der Waals surface area contributed by atoms with E-state index >= 15 is 0 Å². The van der Waals surface area contributed by atoms with Crippen LogP contribution in [0, 0.1) is 26.2 Å². The lowest BCUT2D eigenvalue weighted by molar-refractivity contribution is -0.141. The minimum Gasteiger partial charge on any atom is -0.497 e. The highest BCUT2D eigenvalue weighted by Gasteiger charge is 2.54. The fourth-order valence-electron chi connectivity index (χ4n) is 6.11. The molecule has 1 atom stereocenters. The molecule has 2 aliphatic carbocycles. The van der Waals surface area contributed by atoms with Crippen LogP contribution in [0.2, 0.25) is 0 Å². The number of hydrogen-bond acceptors (Lipinski definition) is 4. The molecule has 1 saturated carbocycles. The topological polar surface area (TPSA) is 47.6 Å². The first kappa shape index (κ1) is 23.5. The maximum atomic E-state index is 12.0. The molecule has 1 N–H and O–H groups in total. The maximum absolute atomic E-state index is 12.0. The molecular formula is C31H35NO3. The number of carbonyl (C=O) groups is 1. The normalized spacial score (nSPS) is 17.2. The van der Waals surface area contributed by atoms with Gasteiger partial charge >= 0.3 is 5.97 Å². The zero-order valence-electron chi connectivity index (χ0n) is 21.5. The molecule has 3 aromatic rings. The monoisotopic (exact) mass is 469 g/mol. The van der Waals surface area contributed by atoms with Gasteiger partial charge in [0.15, 0.2) is 0 Å². The molecule has 0 amide bonds. The molecule has 1 fully saturated rings. The van der Waals surface area contributed by atoms with E-state index in [4.69, 9.17) is 9.47 Å². The quantitative estimate of drug-likeness (QED) is 0.383. The highest BCUT2D eigenvalue weighted by atomic mass is 16.5. The van der Waals surface area contributed by atoms with E-state index in [2.05, 4.69) is 74.6 Å². The molecule has 0 aliphatic heterocycles. The first-order chi connectivity index (χ1) is 16.8. The number of benzene rings is 3. The van der Waals surface area contributed by atoms with Gasteiger partial charge in [0.2, 0.25) is 0 Å². The van der Waals surface area contributed by atoms with Gasteiger partial charge < -0.3 is 14.8 Å². The van der Waals surface area contributed by atoms with Crippen LogP contribution in [0.3, 0.4) is 0 Å². The van der Waals surface area contributed by atoms with Crippen LogP contribution in [-0.4, -0.2) is 20.2 Å². The largest absolute Gasteiger partial charge is 0.497 e. The van der Waals surface area contributed by atoms with Gasteiger partial charge in [-0.2, -0.15) is 0 Å². The molecular weight excluding hydrogens is 434 g/mol. The van der Waals surface area contributed by atoms with Crippen LogP contribution < -0.4 is 10.1 Å². The zero-order chi connectivity index (χ0) is 24.7. The van der Waals surface area contributed by atoms with E-state index in [0.29, 0.717) is 12.3 Å². The van der Waals surface area contributed by atoms with E-state index in [9.17, 15) is 4.79 Å². The highest BCUT2D eigenvalue weighted by molar-refractivity contribution is 5.75. The van der Waals surface area contributed by atoms with Gasteiger partial charge in [0.25, 0.3) is 0 Å². The molecule has 4 heteroatoms. The molecule has 1 unspecified atom stereocenters. The summed E-state index contributed by atoms with van der Waals surface area (Å²) in [4.78, 5) is 12.0. The lowest BCUT2D eigenvalue weighted by atomic mass is 9.87. The SMILES string of the molecule is COC(=O)CC1c2ccc(NCc3cccc(-c4c(C)cc(OC)cc4C)c3C)cc2CC12CC2. The summed E-state index contributed by atoms with van der Waals surface area (Å²) in [5.41, 5.74) is 11.7. The van der Waals surface area contributed by atoms with Gasteiger partial charge in [-0.15, -0.1) is 0 Å². The van der Waals surface area contributed by atoms with Crippen molar-refractivity contribution in [3.05, 3.63) is 81.9 Å². The second kappa shape index (κ2) is 9.07. The molecule has 0 aromatic heterocycles. The molecule has 0 heterocycles. The first-order valence-corrected chi connectivity index (χ1v) is 12.5. The van der Waals surface area contributed by atoms with Crippen LogP contribution in [0.15, 0.2) is 48.5 Å². The number of nitrogens with one attached hydrogen (secondary N) is 1. The third-order valence-electron chi connectivity index (χ3n) is 8.23. The number of fused-ring (bicyclic) bond motifs is 1. The predicted octanol–water partition coefficient (Wildman–Crippen LogP) is 6.88. The van der Waals surface area contributed by atoms with Crippen LogP contribution in [0.25, 0.3) is 11.1 Å². The van der Waals surface area contributed by atoms with Crippen molar-refractivity contribution in [2.75, 3.05) is 19.5 Å². The predicted molar refractivity (Wildman–Crippen MR) is 141 cm³/mol. The van der Waals surface area contributed by atoms with Crippen molar-refractivity contribution < 1.29 is 14.3 Å². The van der Waals surface area contributed by atoms with Crippen molar-refractivity contribution in [3.63, 3.8) is 0 Å². The number of aryl methyl sites for hydroxylation is 2. The van der Waals surface area contributed by atoms with Crippen LogP contribution >= 0.6 is 0 Å². The molecule has 182 valence electrons. The van der Waals surface area contributed by atoms with Crippen LogP contribution in [0.4, 0.5) is 5.69 Å². The van der Waals surface area contributed by atoms with E-state index in [1.807, 2.05) is 0 Å². The molecule has 5 rings (SSSR count). The number of hydrogen-bond donors (Lipinski definition) is 1. The standard InChI is InChI=1S/C31H35NO3/c1-19-13-25(34-4)14-20(2)30(19)26-8-6-7-22(21(26)3)18-32-24-9-10-27-23(15-24)17-31(11-12-31)28(27)16-29(33)35-5/h6-10,13-15,28,32H,11-12,16-18H2,1-5H3. The summed E-state index contributed by atoms with van der Waals surface area (Å²) in [6.45, 7) is 7.29. The lowest BCUT2D eigenvalue weighted by Crippen LogP contribution is -2.14. The number of rotatable bonds is 7. The van der Waals surface area contributed by atoms with Gasteiger partial charge in [0, 0.05) is 18.2 Å². The van der Waals surface area contributed by atoms with Gasteiger partial charge in [-0.05, 0) is 114 Å². The van der Waals surface area contributed by atoms with Crippen LogP contribution in [-0.2, 0) is 22.5 Å². The van der Waals surface area contributed by atoms with Gasteiger partial charge in [0.1, 0.15) is 5.75 Å². The molecule has 4 nitrogen and oxygen atoms in total. The van der Waals surface area contributed by atoms with E-state index < -0.39 is 0 Å². The van der Waals surface area contributed by atoms with Crippen molar-refractivity contribution >= 4 is 11.7 Å². The van der Waals surface area contributed by atoms with E-state index in [-0.39, 0.29) is 11.4 Å². The summed E-state index contributed by atoms with van der Waals surface area (Å²) in [6.07, 6.45) is 3.99. The van der Waals surface area contributed by atoms with E-state index in [1.54, 1.807) is 7.11 Å². The van der Waals surface area contributed by atoms with E-state index in [1.165, 1.54) is 64.5 Å². The number of carbonyl (C=O) groups excluding carboxylic acids is 1. The Balaban J connectivity index is 1.36. The number of ether oxygens (including phenoxy) is 2. The zero-order valence-corrected chi connectivity index (χ0v) is 21.5. The molecule has 2 aliphatic rings. The second-order valence-electron chi connectivity index (χ2n) is 10.4. The molecule has 0 bridgehead atoms. The third-order valence-corrected chi connectivity index (χ3v) is 8.23. The van der Waals surface area contributed by atoms with Gasteiger partial charge in [0.05, 0.1) is 20.6 Å². The Hall–Kier alpha value is -3.27. The summed E-state index contributed by atoms with van der Waals surface area (Å²) >= 11 is 0. The second-order valence-corrected chi connectivity index (χ2v) is 10.4. The summed E-state index contributed by atoms with van der Waals surface area (Å²) in [7, 11) is 3.20. The summed E-state index contributed by atoms with van der Waals surface area (Å²) in [5.74, 6) is 1.10. The van der Waals surface area contributed by atoms with Crippen LogP contribution in [0.1, 0.15) is 58.6 Å². The van der Waals surface area contributed by atoms with Crippen molar-refractivity contribution in [1.29, 1.82) is 0 Å². The Labute approximate surface area is 208 Å². The number of anilines is 1. The summed E-state index contributed by atoms with van der Waals surface area (Å²) in [5, 5.41) is 3.66. The Bertz CT molecular complexity index is 1270. The fourth-order valence-corrected chi connectivity index (χ4v) is 6.11. The maximum Gasteiger partial charge on any atom is 0.306 e. The Morgan fingerprint density at radius 1 is 1.03 bits per heavy atom. The van der Waals surface area contributed by atoms with Crippen LogP contribution in [0.5, 0.6) is 5.75 Å². The van der Waals surface area contributed by atoms with Gasteiger partial charge in [-0.25, -0.2) is 0 Å². The minimum absolute atomic E-state index is 0.103. The van der Waals surface area contributed by atoms with Gasteiger partial charge in [-0.1, -0.05) is 24.3 Å². The fraction of sp³-hybridized carbons (Fsp3) is 0.387. The smallest absolute Gasteiger partial charge is 0.306 e. The molecule has 1 spiro atoms. The van der Waals surface area contributed by atoms with Crippen molar-refractivity contribution in [2.45, 2.75) is 58.9 Å². The molecule has 0 saturated heterocycles. The Morgan fingerprint density at radius 2 is 1.77 bits per heavy atom. The summed E-state index contributed by atoms with van der Waals surface area (Å²) in [6, 6.07) is 17.5. The van der Waals surface area contributed by atoms with Gasteiger partial charge in [-0.3, -0.25) is 4.79 Å². The average molecular weight is 470 g/mol. The molecule has 0 radical (unpaired) electrons. The van der Waals surface area contributed by atoms with E-state index in [0.717, 1.165) is 24.4 Å². The Kier molecular flexibility index (Phi) is 6.08. The van der Waals surface area contributed by atoms with Crippen molar-refractivity contribution in [2.24, 2.45) is 5.41 Å². The minimum atomic E-state index is -0.103. The number of methoxy groups -OCH3 is 2. The lowest BCUT2D eigenvalue weighted by Gasteiger charge is -2.18. The average Bonchev–Trinajstić information content (AvgIpc) is 3.55.